The molecule has 0 bridgehead atoms. The number of piperazine rings is 1. The fourth-order valence-electron chi connectivity index (χ4n) is 2.78. The Kier molecular flexibility index (Phi) is 6.01. The monoisotopic (exact) mass is 367 g/mol. The van der Waals surface area contributed by atoms with Gasteiger partial charge in [-0.2, -0.15) is 0 Å². The molecule has 1 N–H and O–H groups in total. The molecule has 0 unspecified atom stereocenters. The van der Waals surface area contributed by atoms with Crippen LogP contribution in [-0.4, -0.2) is 60.5 Å². The number of hydrogen-bond donors (Lipinski definition) is 1. The summed E-state index contributed by atoms with van der Waals surface area (Å²) in [4.78, 5) is 17.2. The number of likely N-dealkylation sites (N-methyl/N-ethyl adjacent to an activating group) is 1. The van der Waals surface area contributed by atoms with Crippen molar-refractivity contribution in [3.63, 3.8) is 0 Å². The molecule has 1 heterocycles. The molecule has 1 aliphatic heterocycles. The molecular formula is C17H26BrN3O. The van der Waals surface area contributed by atoms with Gasteiger partial charge < -0.3 is 10.2 Å². The second kappa shape index (κ2) is 7.57. The summed E-state index contributed by atoms with van der Waals surface area (Å²) in [6, 6.07) is 7.47. The van der Waals surface area contributed by atoms with Gasteiger partial charge in [0.05, 0.1) is 0 Å². The molecule has 4 nitrogen and oxygen atoms in total. The van der Waals surface area contributed by atoms with Crippen LogP contribution in [0, 0.1) is 0 Å². The Bertz CT molecular complexity index is 493. The fraction of sp³-hybridized carbons (Fsp3) is 0.588. The molecule has 0 saturated carbocycles. The van der Waals surface area contributed by atoms with Crippen molar-refractivity contribution in [2.24, 2.45) is 0 Å². The van der Waals surface area contributed by atoms with Gasteiger partial charge in [0.2, 0.25) is 0 Å². The standard InChI is InChI=1S/C17H26BrN3O/c1-4-20-9-11-21(12-10-20)17(2,3)13-19-16(22)14-5-7-15(18)8-6-14/h5-8H,4,9-13H2,1-3H3,(H,19,22). The van der Waals surface area contributed by atoms with Crippen LogP contribution in [0.15, 0.2) is 28.7 Å². The lowest BCUT2D eigenvalue weighted by Crippen LogP contribution is -2.58. The Morgan fingerprint density at radius 1 is 1.18 bits per heavy atom. The summed E-state index contributed by atoms with van der Waals surface area (Å²) in [6.07, 6.45) is 0. The average molecular weight is 368 g/mol. The SMILES string of the molecule is CCN1CCN(C(C)(C)CNC(=O)c2ccc(Br)cc2)CC1. The van der Waals surface area contributed by atoms with E-state index in [1.807, 2.05) is 24.3 Å². The first-order chi connectivity index (χ1) is 10.4. The molecule has 0 atom stereocenters. The summed E-state index contributed by atoms with van der Waals surface area (Å²) in [6.45, 7) is 12.7. The summed E-state index contributed by atoms with van der Waals surface area (Å²) in [5, 5.41) is 3.07. The van der Waals surface area contributed by atoms with E-state index in [-0.39, 0.29) is 11.4 Å². The first kappa shape index (κ1) is 17.4. The number of nitrogens with one attached hydrogen (secondary N) is 1. The summed E-state index contributed by atoms with van der Waals surface area (Å²) >= 11 is 3.39. The maximum Gasteiger partial charge on any atom is 0.251 e. The number of rotatable bonds is 5. The molecule has 1 fully saturated rings. The third-order valence-corrected chi connectivity index (χ3v) is 4.99. The Morgan fingerprint density at radius 2 is 1.77 bits per heavy atom. The van der Waals surface area contributed by atoms with Crippen LogP contribution in [0.4, 0.5) is 0 Å². The molecule has 1 aromatic rings. The van der Waals surface area contributed by atoms with E-state index in [0.717, 1.165) is 37.2 Å². The summed E-state index contributed by atoms with van der Waals surface area (Å²) in [5.74, 6) is -0.00670. The molecule has 0 aliphatic carbocycles. The van der Waals surface area contributed by atoms with Crippen molar-refractivity contribution in [3.8, 4) is 0 Å². The van der Waals surface area contributed by atoms with Gasteiger partial charge in [-0.15, -0.1) is 0 Å². The van der Waals surface area contributed by atoms with E-state index >= 15 is 0 Å². The van der Waals surface area contributed by atoms with Gasteiger partial charge in [-0.3, -0.25) is 9.69 Å². The molecule has 0 spiro atoms. The number of hydrogen-bond acceptors (Lipinski definition) is 3. The number of nitrogens with zero attached hydrogens (tertiary/aromatic N) is 2. The molecule has 122 valence electrons. The van der Waals surface area contributed by atoms with E-state index in [4.69, 9.17) is 0 Å². The second-order valence-corrected chi connectivity index (χ2v) is 7.34. The minimum absolute atomic E-state index is 0.00670. The molecule has 1 saturated heterocycles. The van der Waals surface area contributed by atoms with Crippen molar-refractivity contribution in [2.45, 2.75) is 26.3 Å². The van der Waals surface area contributed by atoms with Gasteiger partial charge in [0, 0.05) is 48.3 Å². The topological polar surface area (TPSA) is 35.6 Å². The first-order valence-corrected chi connectivity index (χ1v) is 8.73. The number of benzene rings is 1. The number of halogens is 1. The Hall–Kier alpha value is -0.910. The highest BCUT2D eigenvalue weighted by Gasteiger charge is 2.29. The van der Waals surface area contributed by atoms with Crippen LogP contribution < -0.4 is 5.32 Å². The normalized spacial score (nSPS) is 17.5. The quantitative estimate of drug-likeness (QED) is 0.868. The average Bonchev–Trinajstić information content (AvgIpc) is 2.53. The zero-order chi connectivity index (χ0) is 16.2. The van der Waals surface area contributed by atoms with Crippen LogP contribution in [0.2, 0.25) is 0 Å². The minimum Gasteiger partial charge on any atom is -0.350 e. The van der Waals surface area contributed by atoms with Crippen molar-refractivity contribution >= 4 is 21.8 Å². The van der Waals surface area contributed by atoms with E-state index in [0.29, 0.717) is 12.1 Å². The zero-order valence-corrected chi connectivity index (χ0v) is 15.3. The summed E-state index contributed by atoms with van der Waals surface area (Å²) in [5.41, 5.74) is 0.681. The van der Waals surface area contributed by atoms with Crippen LogP contribution in [0.3, 0.4) is 0 Å². The molecular weight excluding hydrogens is 342 g/mol. The number of amides is 1. The van der Waals surface area contributed by atoms with Crippen LogP contribution in [0.5, 0.6) is 0 Å². The van der Waals surface area contributed by atoms with E-state index in [2.05, 4.69) is 51.8 Å². The lowest BCUT2D eigenvalue weighted by atomic mass is 10.0. The van der Waals surface area contributed by atoms with Crippen LogP contribution >= 0.6 is 15.9 Å². The van der Waals surface area contributed by atoms with Gasteiger partial charge in [-0.25, -0.2) is 0 Å². The number of carbonyl (C=O) groups excluding carboxylic acids is 1. The Labute approximate surface area is 142 Å². The fourth-order valence-corrected chi connectivity index (χ4v) is 3.05. The third-order valence-electron chi connectivity index (χ3n) is 4.46. The highest BCUT2D eigenvalue weighted by atomic mass is 79.9. The highest BCUT2D eigenvalue weighted by molar-refractivity contribution is 9.10. The van der Waals surface area contributed by atoms with Crippen LogP contribution in [-0.2, 0) is 0 Å². The first-order valence-electron chi connectivity index (χ1n) is 7.93. The molecule has 5 heteroatoms. The highest BCUT2D eigenvalue weighted by Crippen LogP contribution is 2.17. The van der Waals surface area contributed by atoms with Gasteiger partial charge in [-0.05, 0) is 44.7 Å². The molecule has 0 radical (unpaired) electrons. The third kappa shape index (κ3) is 4.54. The largest absolute Gasteiger partial charge is 0.350 e. The predicted molar refractivity (Wildman–Crippen MR) is 94.2 cm³/mol. The van der Waals surface area contributed by atoms with Crippen molar-refractivity contribution in [1.29, 1.82) is 0 Å². The van der Waals surface area contributed by atoms with E-state index < -0.39 is 0 Å². The smallest absolute Gasteiger partial charge is 0.251 e. The van der Waals surface area contributed by atoms with Crippen molar-refractivity contribution in [1.82, 2.24) is 15.1 Å². The van der Waals surface area contributed by atoms with Gasteiger partial charge >= 0.3 is 0 Å². The van der Waals surface area contributed by atoms with E-state index in [9.17, 15) is 4.79 Å². The van der Waals surface area contributed by atoms with Gasteiger partial charge in [0.1, 0.15) is 0 Å². The van der Waals surface area contributed by atoms with Crippen molar-refractivity contribution < 1.29 is 4.79 Å². The van der Waals surface area contributed by atoms with Gasteiger partial charge in [0.15, 0.2) is 0 Å². The lowest BCUT2D eigenvalue weighted by Gasteiger charge is -2.44. The number of carbonyl (C=O) groups is 1. The van der Waals surface area contributed by atoms with Gasteiger partial charge in [-0.1, -0.05) is 22.9 Å². The summed E-state index contributed by atoms with van der Waals surface area (Å²) < 4.78 is 0.984. The predicted octanol–water partition coefficient (Wildman–Crippen LogP) is 2.59. The van der Waals surface area contributed by atoms with Crippen LogP contribution in [0.1, 0.15) is 31.1 Å². The Balaban J connectivity index is 1.86. The molecule has 22 heavy (non-hydrogen) atoms. The molecule has 0 aromatic heterocycles. The summed E-state index contributed by atoms with van der Waals surface area (Å²) in [7, 11) is 0. The van der Waals surface area contributed by atoms with Crippen LogP contribution in [0.25, 0.3) is 0 Å². The second-order valence-electron chi connectivity index (χ2n) is 6.42. The zero-order valence-electron chi connectivity index (χ0n) is 13.7. The van der Waals surface area contributed by atoms with Crippen molar-refractivity contribution in [3.05, 3.63) is 34.3 Å². The maximum atomic E-state index is 12.2. The molecule has 1 aromatic carbocycles. The minimum atomic E-state index is -0.0230. The Morgan fingerprint density at radius 3 is 2.32 bits per heavy atom. The molecule has 1 aliphatic rings. The maximum absolute atomic E-state index is 12.2. The van der Waals surface area contributed by atoms with E-state index in [1.54, 1.807) is 0 Å². The molecule has 1 amide bonds. The van der Waals surface area contributed by atoms with E-state index in [1.165, 1.54) is 0 Å². The molecule has 2 rings (SSSR count). The lowest BCUT2D eigenvalue weighted by molar-refractivity contribution is 0.0521. The van der Waals surface area contributed by atoms with Gasteiger partial charge in [0.25, 0.3) is 5.91 Å². The van der Waals surface area contributed by atoms with Crippen molar-refractivity contribution in [2.75, 3.05) is 39.3 Å².